The van der Waals surface area contributed by atoms with Gasteiger partial charge in [-0.15, -0.1) is 0 Å². The molecule has 2 aliphatic heterocycles. The minimum Gasteiger partial charge on any atom is -0.336 e. The second-order valence-corrected chi connectivity index (χ2v) is 4.96. The van der Waals surface area contributed by atoms with Crippen LogP contribution in [0.5, 0.6) is 0 Å². The molecule has 1 amide bonds. The number of halogens is 2. The Labute approximate surface area is 99.9 Å². The summed E-state index contributed by atoms with van der Waals surface area (Å²) in [5.74, 6) is -2.84. The van der Waals surface area contributed by atoms with Crippen LogP contribution in [0.15, 0.2) is 0 Å². The molecular weight excluding hydrogens is 228 g/mol. The Morgan fingerprint density at radius 3 is 2.82 bits per heavy atom. The van der Waals surface area contributed by atoms with Gasteiger partial charge in [0.25, 0.3) is 5.92 Å². The normalized spacial score (nSPS) is 29.6. The summed E-state index contributed by atoms with van der Waals surface area (Å²) in [6.45, 7) is 2.36. The topological polar surface area (TPSA) is 35.6 Å². The van der Waals surface area contributed by atoms with Crippen molar-refractivity contribution in [3.8, 4) is 0 Å². The van der Waals surface area contributed by atoms with Crippen LogP contribution in [0, 0.1) is 0 Å². The van der Waals surface area contributed by atoms with Crippen molar-refractivity contribution < 1.29 is 13.6 Å². The first-order valence-corrected chi connectivity index (χ1v) is 6.04. The van der Waals surface area contributed by atoms with E-state index in [-0.39, 0.29) is 24.9 Å². The molecule has 0 aromatic rings. The summed E-state index contributed by atoms with van der Waals surface area (Å²) >= 11 is 0. The molecule has 1 N–H and O–H groups in total. The molecule has 0 aliphatic carbocycles. The summed E-state index contributed by atoms with van der Waals surface area (Å²) in [4.78, 5) is 15.3. The summed E-state index contributed by atoms with van der Waals surface area (Å²) in [6, 6.07) is 0.130. The van der Waals surface area contributed by atoms with Gasteiger partial charge in [-0.2, -0.15) is 0 Å². The van der Waals surface area contributed by atoms with Crippen molar-refractivity contribution in [3.63, 3.8) is 0 Å². The Hall–Kier alpha value is -0.750. The minimum atomic E-state index is -2.69. The van der Waals surface area contributed by atoms with Gasteiger partial charge >= 0.3 is 0 Å². The number of likely N-dealkylation sites (N-methyl/N-ethyl adjacent to an activating group) is 1. The van der Waals surface area contributed by atoms with E-state index in [0.717, 1.165) is 19.6 Å². The summed E-state index contributed by atoms with van der Waals surface area (Å²) in [5, 5.41) is 3.22. The smallest absolute Gasteiger partial charge is 0.267 e. The molecule has 2 heterocycles. The molecule has 2 rings (SSSR count). The first-order chi connectivity index (χ1) is 7.98. The average Bonchev–Trinajstić information content (AvgIpc) is 2.62. The third-order valence-corrected chi connectivity index (χ3v) is 3.58. The quantitative estimate of drug-likeness (QED) is 0.754. The zero-order valence-electron chi connectivity index (χ0n) is 10.1. The molecule has 0 bridgehead atoms. The monoisotopic (exact) mass is 247 g/mol. The van der Waals surface area contributed by atoms with Crippen LogP contribution < -0.4 is 5.32 Å². The molecule has 2 aliphatic rings. The van der Waals surface area contributed by atoms with E-state index in [1.165, 1.54) is 4.90 Å². The van der Waals surface area contributed by atoms with Crippen molar-refractivity contribution in [2.45, 2.75) is 24.8 Å². The number of alkyl halides is 2. The lowest BCUT2D eigenvalue weighted by molar-refractivity contribution is -0.133. The number of carbonyl (C=O) groups excluding carboxylic acids is 1. The molecule has 6 heteroatoms. The molecule has 0 spiro atoms. The van der Waals surface area contributed by atoms with Crippen molar-refractivity contribution in [1.29, 1.82) is 0 Å². The number of amides is 1. The Morgan fingerprint density at radius 2 is 2.24 bits per heavy atom. The maximum Gasteiger partial charge on any atom is 0.267 e. The molecule has 17 heavy (non-hydrogen) atoms. The molecule has 2 saturated heterocycles. The fraction of sp³-hybridized carbons (Fsp3) is 0.909. The van der Waals surface area contributed by atoms with Gasteiger partial charge in [-0.05, 0) is 7.05 Å². The van der Waals surface area contributed by atoms with E-state index in [0.29, 0.717) is 6.42 Å². The van der Waals surface area contributed by atoms with Gasteiger partial charge in [-0.3, -0.25) is 4.79 Å². The van der Waals surface area contributed by atoms with Gasteiger partial charge in [-0.1, -0.05) is 0 Å². The van der Waals surface area contributed by atoms with Crippen molar-refractivity contribution in [1.82, 2.24) is 15.1 Å². The Morgan fingerprint density at radius 1 is 1.47 bits per heavy atom. The number of nitrogens with one attached hydrogen (secondary N) is 1. The van der Waals surface area contributed by atoms with Crippen LogP contribution in [0.2, 0.25) is 0 Å². The van der Waals surface area contributed by atoms with E-state index in [9.17, 15) is 13.6 Å². The molecule has 1 atom stereocenters. The third kappa shape index (κ3) is 3.13. The molecule has 0 saturated carbocycles. The van der Waals surface area contributed by atoms with Gasteiger partial charge in [0.15, 0.2) is 0 Å². The fourth-order valence-electron chi connectivity index (χ4n) is 2.37. The largest absolute Gasteiger partial charge is 0.336 e. The number of rotatable bonds is 2. The molecule has 0 aromatic carbocycles. The number of hydrogen-bond acceptors (Lipinski definition) is 3. The van der Waals surface area contributed by atoms with Gasteiger partial charge < -0.3 is 15.1 Å². The predicted octanol–water partition coefficient (Wildman–Crippen LogP) is 0.148. The van der Waals surface area contributed by atoms with Gasteiger partial charge in [0.1, 0.15) is 0 Å². The van der Waals surface area contributed by atoms with Gasteiger partial charge in [0.05, 0.1) is 6.54 Å². The van der Waals surface area contributed by atoms with E-state index in [1.807, 2.05) is 7.05 Å². The number of piperazine rings is 1. The van der Waals surface area contributed by atoms with Crippen LogP contribution in [0.1, 0.15) is 12.8 Å². The van der Waals surface area contributed by atoms with Crippen molar-refractivity contribution in [2.75, 3.05) is 39.8 Å². The van der Waals surface area contributed by atoms with E-state index >= 15 is 0 Å². The van der Waals surface area contributed by atoms with E-state index < -0.39 is 12.5 Å². The highest BCUT2D eigenvalue weighted by molar-refractivity contribution is 5.77. The second kappa shape index (κ2) is 4.86. The van der Waals surface area contributed by atoms with Crippen LogP contribution in [-0.2, 0) is 4.79 Å². The first-order valence-electron chi connectivity index (χ1n) is 6.04. The SMILES string of the molecule is CN1CCNCC1CC(=O)N1CCC(F)(F)C1. The maximum atomic E-state index is 13.0. The van der Waals surface area contributed by atoms with E-state index in [2.05, 4.69) is 10.2 Å². The highest BCUT2D eigenvalue weighted by Crippen LogP contribution is 2.27. The number of hydrogen-bond donors (Lipinski definition) is 1. The highest BCUT2D eigenvalue weighted by atomic mass is 19.3. The first kappa shape index (κ1) is 12.7. The highest BCUT2D eigenvalue weighted by Gasteiger charge is 2.40. The molecule has 4 nitrogen and oxygen atoms in total. The molecule has 1 unspecified atom stereocenters. The molecule has 0 aromatic heterocycles. The lowest BCUT2D eigenvalue weighted by atomic mass is 10.1. The molecule has 98 valence electrons. The summed E-state index contributed by atoms with van der Waals surface area (Å²) in [7, 11) is 1.97. The number of likely N-dealkylation sites (tertiary alicyclic amines) is 1. The van der Waals surface area contributed by atoms with Crippen LogP contribution in [0.4, 0.5) is 8.78 Å². The molecule has 2 fully saturated rings. The standard InChI is InChI=1S/C11H19F2N3O/c1-15-5-3-14-7-9(15)6-10(17)16-4-2-11(12,13)8-16/h9,14H,2-8H2,1H3. The zero-order chi connectivity index (χ0) is 12.5. The van der Waals surface area contributed by atoms with Crippen LogP contribution in [-0.4, -0.2) is 67.4 Å². The number of nitrogens with zero attached hydrogens (tertiary/aromatic N) is 2. The average molecular weight is 247 g/mol. The Balaban J connectivity index is 1.84. The zero-order valence-corrected chi connectivity index (χ0v) is 10.1. The van der Waals surface area contributed by atoms with Crippen molar-refractivity contribution in [3.05, 3.63) is 0 Å². The summed E-state index contributed by atoms with van der Waals surface area (Å²) < 4.78 is 26.0. The van der Waals surface area contributed by atoms with Crippen LogP contribution in [0.25, 0.3) is 0 Å². The maximum absolute atomic E-state index is 13.0. The van der Waals surface area contributed by atoms with Gasteiger partial charge in [-0.25, -0.2) is 8.78 Å². The van der Waals surface area contributed by atoms with Crippen LogP contribution >= 0.6 is 0 Å². The number of carbonyl (C=O) groups is 1. The Kier molecular flexibility index (Phi) is 3.63. The van der Waals surface area contributed by atoms with Gasteiger partial charge in [0.2, 0.25) is 5.91 Å². The van der Waals surface area contributed by atoms with Crippen molar-refractivity contribution in [2.24, 2.45) is 0 Å². The van der Waals surface area contributed by atoms with Crippen LogP contribution in [0.3, 0.4) is 0 Å². The molecule has 0 radical (unpaired) electrons. The predicted molar refractivity (Wildman–Crippen MR) is 60.0 cm³/mol. The fourth-order valence-corrected chi connectivity index (χ4v) is 2.37. The lowest BCUT2D eigenvalue weighted by Gasteiger charge is -2.33. The summed E-state index contributed by atoms with van der Waals surface area (Å²) in [6.07, 6.45) is 0.136. The minimum absolute atomic E-state index is 0.130. The second-order valence-electron chi connectivity index (χ2n) is 4.96. The third-order valence-electron chi connectivity index (χ3n) is 3.58. The van der Waals surface area contributed by atoms with E-state index in [1.54, 1.807) is 0 Å². The van der Waals surface area contributed by atoms with Gasteiger partial charge in [0, 0.05) is 45.1 Å². The lowest BCUT2D eigenvalue weighted by Crippen LogP contribution is -2.51. The van der Waals surface area contributed by atoms with E-state index in [4.69, 9.17) is 0 Å². The van der Waals surface area contributed by atoms with Crippen molar-refractivity contribution >= 4 is 5.91 Å². The molecular formula is C11H19F2N3O. The summed E-state index contributed by atoms with van der Waals surface area (Å²) in [5.41, 5.74) is 0. The Bertz CT molecular complexity index is 298.